The fraction of sp³-hybridized carbons (Fsp3) is 0.500. The Hall–Kier alpha value is -3.17. The highest BCUT2D eigenvalue weighted by Crippen LogP contribution is 2.42. The van der Waals surface area contributed by atoms with Gasteiger partial charge in [0.05, 0.1) is 11.2 Å². The molecule has 3 aliphatic rings. The van der Waals surface area contributed by atoms with Gasteiger partial charge in [-0.2, -0.15) is 0 Å². The Kier molecular flexibility index (Phi) is 6.16. The zero-order chi connectivity index (χ0) is 25.7. The smallest absolute Gasteiger partial charge is 0.293 e. The maximum Gasteiger partial charge on any atom is 0.293 e. The molecule has 3 heterocycles. The lowest BCUT2D eigenvalue weighted by atomic mass is 9.78. The van der Waals surface area contributed by atoms with Gasteiger partial charge in [-0.3, -0.25) is 9.59 Å². The molecular weight excluding hydrogens is 476 g/mol. The Morgan fingerprint density at radius 2 is 1.72 bits per heavy atom. The number of allylic oxidation sites excluding steroid dienone is 2. The Morgan fingerprint density at radius 1 is 0.972 bits per heavy atom. The van der Waals surface area contributed by atoms with Gasteiger partial charge in [-0.25, -0.2) is 22.5 Å². The summed E-state index contributed by atoms with van der Waals surface area (Å²) in [7, 11) is 1.62. The summed E-state index contributed by atoms with van der Waals surface area (Å²) in [5.41, 5.74) is 0.710. The van der Waals surface area contributed by atoms with E-state index in [1.807, 2.05) is 4.90 Å². The molecule has 1 aromatic heterocycles. The first-order valence-electron chi connectivity index (χ1n) is 12.3. The molecule has 0 N–H and O–H groups in total. The summed E-state index contributed by atoms with van der Waals surface area (Å²) in [4.78, 5) is 34.0. The molecule has 1 amide bonds. The summed E-state index contributed by atoms with van der Waals surface area (Å²) >= 11 is 0. The van der Waals surface area contributed by atoms with Gasteiger partial charge in [0.2, 0.25) is 5.91 Å². The van der Waals surface area contributed by atoms with Crippen molar-refractivity contribution in [2.45, 2.75) is 62.8 Å². The molecular formula is C26H28F4N4O2. The topological polar surface area (TPSA) is 58.4 Å². The minimum atomic E-state index is -2.72. The summed E-state index contributed by atoms with van der Waals surface area (Å²) in [5.74, 6) is -4.56. The molecule has 1 spiro atoms. The van der Waals surface area contributed by atoms with Crippen molar-refractivity contribution in [2.24, 2.45) is 7.05 Å². The van der Waals surface area contributed by atoms with Crippen molar-refractivity contribution in [3.05, 3.63) is 58.2 Å². The first-order valence-corrected chi connectivity index (χ1v) is 12.3. The van der Waals surface area contributed by atoms with Gasteiger partial charge < -0.3 is 14.4 Å². The fourth-order valence-corrected chi connectivity index (χ4v) is 5.69. The molecule has 2 fully saturated rings. The number of alkyl halides is 2. The SMILES string of the molecule is Cn1cc(C2=CCC(F)(F)CC2)nc(N2CCC3(CCCC(=O)N3c3ccc(F)c(F)c3)CC2)c1=O. The van der Waals surface area contributed by atoms with E-state index in [2.05, 4.69) is 4.98 Å². The average molecular weight is 505 g/mol. The fourth-order valence-electron chi connectivity index (χ4n) is 5.69. The number of carbonyl (C=O) groups is 1. The van der Waals surface area contributed by atoms with E-state index in [0.717, 1.165) is 18.6 Å². The minimum absolute atomic E-state index is 0.127. The molecule has 0 bridgehead atoms. The van der Waals surface area contributed by atoms with Gasteiger partial charge in [-0.05, 0) is 49.8 Å². The zero-order valence-corrected chi connectivity index (χ0v) is 20.1. The number of anilines is 2. The second-order valence-electron chi connectivity index (χ2n) is 10.0. The molecule has 2 aromatic rings. The molecule has 36 heavy (non-hydrogen) atoms. The highest BCUT2D eigenvalue weighted by Gasteiger charge is 2.46. The van der Waals surface area contributed by atoms with Crippen molar-refractivity contribution < 1.29 is 22.4 Å². The quantitative estimate of drug-likeness (QED) is 0.563. The van der Waals surface area contributed by atoms with Crippen LogP contribution in [0.1, 0.15) is 57.1 Å². The van der Waals surface area contributed by atoms with Crippen molar-refractivity contribution in [3.8, 4) is 0 Å². The number of carbonyl (C=O) groups excluding carboxylic acids is 1. The van der Waals surface area contributed by atoms with Crippen LogP contribution in [0.15, 0.2) is 35.3 Å². The molecule has 0 radical (unpaired) electrons. The summed E-state index contributed by atoms with van der Waals surface area (Å²) < 4.78 is 56.2. The van der Waals surface area contributed by atoms with E-state index >= 15 is 0 Å². The second kappa shape index (κ2) is 9.05. The van der Waals surface area contributed by atoms with Crippen molar-refractivity contribution in [2.75, 3.05) is 22.9 Å². The molecule has 1 aliphatic carbocycles. The normalized spacial score (nSPS) is 21.6. The summed E-state index contributed by atoms with van der Waals surface area (Å²) in [5, 5.41) is 0. The number of nitrogens with zero attached hydrogens (tertiary/aromatic N) is 4. The highest BCUT2D eigenvalue weighted by molar-refractivity contribution is 5.95. The van der Waals surface area contributed by atoms with E-state index in [9.17, 15) is 27.2 Å². The largest absolute Gasteiger partial charge is 0.352 e. The molecule has 0 atom stereocenters. The number of aryl methyl sites for hydroxylation is 1. The molecule has 2 saturated heterocycles. The Morgan fingerprint density at radius 3 is 2.39 bits per heavy atom. The van der Waals surface area contributed by atoms with Crippen molar-refractivity contribution in [1.29, 1.82) is 0 Å². The van der Waals surface area contributed by atoms with Crippen LogP contribution >= 0.6 is 0 Å². The third-order valence-electron chi connectivity index (χ3n) is 7.70. The highest BCUT2D eigenvalue weighted by atomic mass is 19.3. The molecule has 6 nitrogen and oxygen atoms in total. The van der Waals surface area contributed by atoms with Gasteiger partial charge in [-0.15, -0.1) is 0 Å². The summed E-state index contributed by atoms with van der Waals surface area (Å²) in [6.45, 7) is 0.881. The lowest BCUT2D eigenvalue weighted by Crippen LogP contribution is -2.60. The van der Waals surface area contributed by atoms with E-state index in [-0.39, 0.29) is 36.5 Å². The van der Waals surface area contributed by atoms with Gasteiger partial charge in [-0.1, -0.05) is 6.08 Å². The third kappa shape index (κ3) is 4.41. The Labute approximate surface area is 206 Å². The lowest BCUT2D eigenvalue weighted by molar-refractivity contribution is -0.121. The van der Waals surface area contributed by atoms with Crippen molar-refractivity contribution >= 4 is 23.0 Å². The number of benzene rings is 1. The van der Waals surface area contributed by atoms with Crippen molar-refractivity contribution in [3.63, 3.8) is 0 Å². The van der Waals surface area contributed by atoms with E-state index in [1.54, 1.807) is 18.1 Å². The average Bonchev–Trinajstić information content (AvgIpc) is 2.84. The Bertz CT molecular complexity index is 1280. The molecule has 2 aliphatic heterocycles. The monoisotopic (exact) mass is 504 g/mol. The van der Waals surface area contributed by atoms with Gasteiger partial charge >= 0.3 is 0 Å². The van der Waals surface area contributed by atoms with E-state index < -0.39 is 23.1 Å². The Balaban J connectivity index is 1.41. The minimum Gasteiger partial charge on any atom is -0.352 e. The van der Waals surface area contributed by atoms with Crippen LogP contribution in [0.5, 0.6) is 0 Å². The van der Waals surface area contributed by atoms with Gasteiger partial charge in [0.1, 0.15) is 0 Å². The summed E-state index contributed by atoms with van der Waals surface area (Å²) in [6.07, 6.45) is 5.49. The molecule has 0 saturated carbocycles. The zero-order valence-electron chi connectivity index (χ0n) is 20.1. The van der Waals surface area contributed by atoms with Crippen LogP contribution in [0.2, 0.25) is 0 Å². The molecule has 1 aromatic carbocycles. The van der Waals surface area contributed by atoms with Crippen molar-refractivity contribution in [1.82, 2.24) is 9.55 Å². The lowest BCUT2D eigenvalue weighted by Gasteiger charge is -2.51. The predicted molar refractivity (Wildman–Crippen MR) is 128 cm³/mol. The molecule has 5 rings (SSSR count). The number of rotatable bonds is 3. The standard InChI is InChI=1S/C26H28F4N4O2/c1-32-16-21(17-6-9-26(29,30)10-7-17)31-23(24(32)36)33-13-11-25(12-14-33)8-2-3-22(35)34(25)18-4-5-19(27)20(28)15-18/h4-6,15-16H,2-3,7-14H2,1H3. The number of halogens is 4. The maximum atomic E-state index is 14.0. The number of amides is 1. The van der Waals surface area contributed by atoms with Crippen LogP contribution in [-0.4, -0.2) is 40.0 Å². The van der Waals surface area contributed by atoms with E-state index in [0.29, 0.717) is 55.7 Å². The van der Waals surface area contributed by atoms with Crippen LogP contribution in [-0.2, 0) is 11.8 Å². The first-order chi connectivity index (χ1) is 17.1. The molecule has 0 unspecified atom stereocenters. The van der Waals surface area contributed by atoms with Gasteiger partial charge in [0.25, 0.3) is 11.5 Å². The number of hydrogen-bond donors (Lipinski definition) is 0. The van der Waals surface area contributed by atoms with Gasteiger partial charge in [0.15, 0.2) is 17.5 Å². The molecule has 10 heteroatoms. The number of piperidine rings is 2. The predicted octanol–water partition coefficient (Wildman–Crippen LogP) is 4.82. The van der Waals surface area contributed by atoms with E-state index in [4.69, 9.17) is 0 Å². The maximum absolute atomic E-state index is 14.0. The van der Waals surface area contributed by atoms with Gasteiger partial charge in [0, 0.05) is 57.4 Å². The molecule has 192 valence electrons. The summed E-state index contributed by atoms with van der Waals surface area (Å²) in [6, 6.07) is 3.52. The number of aromatic nitrogens is 2. The number of hydrogen-bond acceptors (Lipinski definition) is 4. The second-order valence-corrected chi connectivity index (χ2v) is 10.0. The van der Waals surface area contributed by atoms with Crippen LogP contribution < -0.4 is 15.4 Å². The van der Waals surface area contributed by atoms with Crippen LogP contribution in [0.25, 0.3) is 5.57 Å². The third-order valence-corrected chi connectivity index (χ3v) is 7.70. The van der Waals surface area contributed by atoms with E-state index in [1.165, 1.54) is 16.7 Å². The van der Waals surface area contributed by atoms with Crippen LogP contribution in [0.4, 0.5) is 29.1 Å². The van der Waals surface area contributed by atoms with Crippen LogP contribution in [0, 0.1) is 11.6 Å². The first kappa shape index (κ1) is 24.5. The van der Waals surface area contributed by atoms with Crippen LogP contribution in [0.3, 0.4) is 0 Å².